The zero-order valence-corrected chi connectivity index (χ0v) is 14.3. The Morgan fingerprint density at radius 1 is 1.29 bits per heavy atom. The van der Waals surface area contributed by atoms with Crippen molar-refractivity contribution in [2.24, 2.45) is 0 Å². The van der Waals surface area contributed by atoms with Crippen LogP contribution in [0.4, 0.5) is 11.4 Å². The van der Waals surface area contributed by atoms with Crippen LogP contribution in [0, 0.1) is 0 Å². The molecule has 1 aliphatic rings. The minimum Gasteiger partial charge on any atom is -0.384 e. The van der Waals surface area contributed by atoms with E-state index in [-0.39, 0.29) is 5.91 Å². The summed E-state index contributed by atoms with van der Waals surface area (Å²) in [6.45, 7) is 2.51. The average molecular weight is 324 g/mol. The molecular weight excluding hydrogens is 300 g/mol. The summed E-state index contributed by atoms with van der Waals surface area (Å²) in [4.78, 5) is 21.2. The molecule has 1 aromatic carbocycles. The molecule has 0 unspecified atom stereocenters. The number of carbonyl (C=O) groups excluding carboxylic acids is 1. The van der Waals surface area contributed by atoms with Gasteiger partial charge in [-0.2, -0.15) is 0 Å². The van der Waals surface area contributed by atoms with Gasteiger partial charge in [0.25, 0.3) is 5.91 Å². The van der Waals surface area contributed by atoms with Crippen LogP contribution < -0.4 is 10.2 Å². The summed E-state index contributed by atoms with van der Waals surface area (Å²) in [6.07, 6.45) is 3.71. The lowest BCUT2D eigenvalue weighted by molar-refractivity contribution is 0.0980. The normalized spacial score (nSPS) is 13.7. The van der Waals surface area contributed by atoms with Gasteiger partial charge in [-0.3, -0.25) is 9.78 Å². The first-order chi connectivity index (χ1) is 11.6. The Labute approximate surface area is 143 Å². The largest absolute Gasteiger partial charge is 0.384 e. The van der Waals surface area contributed by atoms with Crippen LogP contribution in [0.25, 0.3) is 0 Å². The van der Waals surface area contributed by atoms with E-state index < -0.39 is 0 Å². The Morgan fingerprint density at radius 2 is 2.12 bits per heavy atom. The number of benzene rings is 1. The third kappa shape index (κ3) is 3.74. The molecule has 0 fully saturated rings. The first-order valence-electron chi connectivity index (χ1n) is 8.39. The maximum absolute atomic E-state index is 12.9. The number of nitrogens with one attached hydrogen (secondary N) is 1. The highest BCUT2D eigenvalue weighted by molar-refractivity contribution is 6.05. The summed E-state index contributed by atoms with van der Waals surface area (Å²) in [5.74, 6) is -0.0293. The van der Waals surface area contributed by atoms with E-state index in [0.717, 1.165) is 43.9 Å². The number of likely N-dealkylation sites (N-methyl/N-ethyl adjacent to an activating group) is 1. The van der Waals surface area contributed by atoms with Gasteiger partial charge in [0, 0.05) is 37.2 Å². The molecule has 24 heavy (non-hydrogen) atoms. The van der Waals surface area contributed by atoms with Gasteiger partial charge in [0.15, 0.2) is 0 Å². The van der Waals surface area contributed by atoms with Gasteiger partial charge < -0.3 is 15.1 Å². The molecule has 0 spiro atoms. The number of amides is 1. The van der Waals surface area contributed by atoms with E-state index in [2.05, 4.69) is 21.3 Å². The van der Waals surface area contributed by atoms with Crippen molar-refractivity contribution in [1.82, 2.24) is 9.88 Å². The number of hydrogen-bond acceptors (Lipinski definition) is 4. The predicted octanol–water partition coefficient (Wildman–Crippen LogP) is 2.65. The highest BCUT2D eigenvalue weighted by Crippen LogP contribution is 2.28. The average Bonchev–Trinajstić information content (AvgIpc) is 2.60. The van der Waals surface area contributed by atoms with Gasteiger partial charge in [0.2, 0.25) is 0 Å². The fourth-order valence-electron chi connectivity index (χ4n) is 2.96. The molecule has 2 heterocycles. The van der Waals surface area contributed by atoms with E-state index >= 15 is 0 Å². The number of fused-ring (bicyclic) bond motifs is 1. The van der Waals surface area contributed by atoms with Crippen molar-refractivity contribution in [3.05, 3.63) is 53.9 Å². The number of aryl methyl sites for hydroxylation is 1. The van der Waals surface area contributed by atoms with E-state index in [1.54, 1.807) is 6.20 Å². The quantitative estimate of drug-likeness (QED) is 0.918. The third-order valence-corrected chi connectivity index (χ3v) is 4.22. The lowest BCUT2D eigenvalue weighted by Crippen LogP contribution is -2.36. The molecule has 1 aliphatic heterocycles. The number of carbonyl (C=O) groups is 1. The number of nitrogens with zero attached hydrogens (tertiary/aromatic N) is 3. The van der Waals surface area contributed by atoms with E-state index in [1.807, 2.05) is 49.3 Å². The molecule has 0 aliphatic carbocycles. The molecule has 5 heteroatoms. The van der Waals surface area contributed by atoms with Crippen LogP contribution in [0.15, 0.2) is 42.6 Å². The second-order valence-electron chi connectivity index (χ2n) is 6.35. The van der Waals surface area contributed by atoms with E-state index in [9.17, 15) is 4.79 Å². The Bertz CT molecular complexity index is 714. The van der Waals surface area contributed by atoms with Crippen molar-refractivity contribution in [2.45, 2.75) is 12.8 Å². The number of para-hydroxylation sites is 1. The first-order valence-corrected chi connectivity index (χ1v) is 8.39. The van der Waals surface area contributed by atoms with Crippen LogP contribution in [0.5, 0.6) is 0 Å². The molecule has 1 amide bonds. The Morgan fingerprint density at radius 3 is 2.96 bits per heavy atom. The van der Waals surface area contributed by atoms with Crippen LogP contribution in [0.2, 0.25) is 0 Å². The van der Waals surface area contributed by atoms with Gasteiger partial charge in [0.1, 0.15) is 5.69 Å². The van der Waals surface area contributed by atoms with Crippen LogP contribution >= 0.6 is 0 Å². The van der Waals surface area contributed by atoms with Crippen LogP contribution in [-0.4, -0.2) is 49.5 Å². The molecule has 1 aromatic heterocycles. The number of pyridine rings is 1. The van der Waals surface area contributed by atoms with Gasteiger partial charge in [-0.1, -0.05) is 18.2 Å². The number of aromatic nitrogens is 1. The summed E-state index contributed by atoms with van der Waals surface area (Å²) in [6, 6.07) is 11.9. The fourth-order valence-corrected chi connectivity index (χ4v) is 2.96. The van der Waals surface area contributed by atoms with E-state index in [0.29, 0.717) is 5.69 Å². The molecule has 0 saturated carbocycles. The molecule has 5 nitrogen and oxygen atoms in total. The third-order valence-electron chi connectivity index (χ3n) is 4.22. The maximum Gasteiger partial charge on any atom is 0.276 e. The van der Waals surface area contributed by atoms with Crippen molar-refractivity contribution >= 4 is 17.3 Å². The highest BCUT2D eigenvalue weighted by atomic mass is 16.2. The van der Waals surface area contributed by atoms with Crippen LogP contribution in [-0.2, 0) is 6.42 Å². The summed E-state index contributed by atoms with van der Waals surface area (Å²) in [5.41, 5.74) is 3.67. The van der Waals surface area contributed by atoms with Gasteiger partial charge >= 0.3 is 0 Å². The molecule has 0 saturated heterocycles. The van der Waals surface area contributed by atoms with Crippen molar-refractivity contribution in [3.63, 3.8) is 0 Å². The molecule has 3 rings (SSSR count). The van der Waals surface area contributed by atoms with Gasteiger partial charge in [0.05, 0.1) is 0 Å². The smallest absolute Gasteiger partial charge is 0.276 e. The second-order valence-corrected chi connectivity index (χ2v) is 6.35. The molecule has 1 N–H and O–H groups in total. The zero-order valence-electron chi connectivity index (χ0n) is 14.3. The number of hydrogen-bond donors (Lipinski definition) is 1. The second kappa shape index (κ2) is 7.45. The monoisotopic (exact) mass is 324 g/mol. The Kier molecular flexibility index (Phi) is 5.11. The summed E-state index contributed by atoms with van der Waals surface area (Å²) in [5, 5.41) is 3.34. The van der Waals surface area contributed by atoms with Crippen molar-refractivity contribution < 1.29 is 4.79 Å². The standard InChI is InChI=1S/C19H24N4O/c1-22(2)13-11-20-16-9-10-21-17(14-16)19(24)23-12-5-7-15-6-3-4-8-18(15)23/h3-4,6,8-10,14H,5,7,11-13H2,1-2H3,(H,20,21). The maximum atomic E-state index is 12.9. The molecule has 2 aromatic rings. The van der Waals surface area contributed by atoms with Gasteiger partial charge in [-0.15, -0.1) is 0 Å². The summed E-state index contributed by atoms with van der Waals surface area (Å²) >= 11 is 0. The van der Waals surface area contributed by atoms with Gasteiger partial charge in [-0.05, 0) is 50.7 Å². The van der Waals surface area contributed by atoms with Gasteiger partial charge in [-0.25, -0.2) is 0 Å². The lowest BCUT2D eigenvalue weighted by atomic mass is 10.0. The minimum atomic E-state index is -0.0293. The number of rotatable bonds is 5. The van der Waals surface area contributed by atoms with E-state index in [1.165, 1.54) is 5.56 Å². The van der Waals surface area contributed by atoms with E-state index in [4.69, 9.17) is 0 Å². The fraction of sp³-hybridized carbons (Fsp3) is 0.368. The lowest BCUT2D eigenvalue weighted by Gasteiger charge is -2.29. The number of anilines is 2. The van der Waals surface area contributed by atoms with Crippen molar-refractivity contribution in [1.29, 1.82) is 0 Å². The minimum absolute atomic E-state index is 0.0293. The summed E-state index contributed by atoms with van der Waals surface area (Å²) < 4.78 is 0. The Balaban J connectivity index is 1.76. The van der Waals surface area contributed by atoms with Crippen LogP contribution in [0.3, 0.4) is 0 Å². The topological polar surface area (TPSA) is 48.5 Å². The first kappa shape index (κ1) is 16.5. The van der Waals surface area contributed by atoms with Crippen molar-refractivity contribution in [3.8, 4) is 0 Å². The molecule has 0 bridgehead atoms. The Hall–Kier alpha value is -2.40. The zero-order chi connectivity index (χ0) is 16.9. The highest BCUT2D eigenvalue weighted by Gasteiger charge is 2.24. The predicted molar refractivity (Wildman–Crippen MR) is 97.7 cm³/mol. The molecule has 0 radical (unpaired) electrons. The summed E-state index contributed by atoms with van der Waals surface area (Å²) in [7, 11) is 4.08. The molecular formula is C19H24N4O. The van der Waals surface area contributed by atoms with Crippen molar-refractivity contribution in [2.75, 3.05) is 43.9 Å². The molecule has 126 valence electrons. The van der Waals surface area contributed by atoms with Crippen LogP contribution in [0.1, 0.15) is 22.5 Å². The molecule has 0 atom stereocenters. The SMILES string of the molecule is CN(C)CCNc1ccnc(C(=O)N2CCCc3ccccc32)c1.